The number of amides is 1. The Morgan fingerprint density at radius 1 is 1.62 bits per heavy atom. The molecule has 0 saturated carbocycles. The van der Waals surface area contributed by atoms with E-state index in [1.165, 1.54) is 0 Å². The zero-order valence-corrected chi connectivity index (χ0v) is 9.64. The van der Waals surface area contributed by atoms with Crippen LogP contribution in [-0.2, 0) is 4.79 Å². The lowest BCUT2D eigenvalue weighted by Gasteiger charge is -2.24. The van der Waals surface area contributed by atoms with Crippen LogP contribution in [0.3, 0.4) is 0 Å². The number of aromatic nitrogens is 1. The van der Waals surface area contributed by atoms with Crippen LogP contribution in [0.25, 0.3) is 0 Å². The molecule has 0 N–H and O–H groups in total. The van der Waals surface area contributed by atoms with Gasteiger partial charge in [-0.1, -0.05) is 6.07 Å². The minimum Gasteiger partial charge on any atom is -0.481 e. The van der Waals surface area contributed by atoms with E-state index >= 15 is 0 Å². The number of hydrogen-bond acceptors (Lipinski definition) is 3. The number of nitrogens with zero attached hydrogens (tertiary/aromatic N) is 2. The fraction of sp³-hybridized carbons (Fsp3) is 0.500. The highest BCUT2D eigenvalue weighted by Crippen LogP contribution is 2.35. The lowest BCUT2D eigenvalue weighted by molar-refractivity contribution is -0.129. The smallest absolute Gasteiger partial charge is 0.219 e. The van der Waals surface area contributed by atoms with Crippen molar-refractivity contribution in [2.45, 2.75) is 25.8 Å². The first-order valence-corrected chi connectivity index (χ1v) is 5.50. The topological polar surface area (TPSA) is 42.4 Å². The standard InChI is InChI=1S/C12H16N2O2/c1-9(15)14-8-4-6-11(14)10-5-3-7-13-12(10)16-2/h3,5,7,11H,4,6,8H2,1-2H3. The molecule has 1 saturated heterocycles. The van der Waals surface area contributed by atoms with Gasteiger partial charge in [-0.25, -0.2) is 4.98 Å². The van der Waals surface area contributed by atoms with Gasteiger partial charge in [0.1, 0.15) is 0 Å². The van der Waals surface area contributed by atoms with Gasteiger partial charge in [-0.2, -0.15) is 0 Å². The molecular weight excluding hydrogens is 204 g/mol. The predicted molar refractivity (Wildman–Crippen MR) is 60.2 cm³/mol. The summed E-state index contributed by atoms with van der Waals surface area (Å²) in [6, 6.07) is 3.99. The van der Waals surface area contributed by atoms with Gasteiger partial charge in [-0.15, -0.1) is 0 Å². The van der Waals surface area contributed by atoms with E-state index in [0.29, 0.717) is 5.88 Å². The molecule has 0 bridgehead atoms. The summed E-state index contributed by atoms with van der Waals surface area (Å²) < 4.78 is 5.24. The molecule has 86 valence electrons. The quantitative estimate of drug-likeness (QED) is 0.763. The van der Waals surface area contributed by atoms with Crippen molar-refractivity contribution in [1.82, 2.24) is 9.88 Å². The maximum absolute atomic E-state index is 11.5. The summed E-state index contributed by atoms with van der Waals surface area (Å²) in [4.78, 5) is 17.6. The zero-order chi connectivity index (χ0) is 11.5. The van der Waals surface area contributed by atoms with Gasteiger partial charge in [0.2, 0.25) is 11.8 Å². The number of likely N-dealkylation sites (tertiary alicyclic amines) is 1. The summed E-state index contributed by atoms with van der Waals surface area (Å²) in [5.74, 6) is 0.744. The summed E-state index contributed by atoms with van der Waals surface area (Å²) >= 11 is 0. The van der Waals surface area contributed by atoms with E-state index in [9.17, 15) is 4.79 Å². The van der Waals surface area contributed by atoms with Gasteiger partial charge in [0, 0.05) is 25.2 Å². The van der Waals surface area contributed by atoms with Crippen LogP contribution < -0.4 is 4.74 Å². The van der Waals surface area contributed by atoms with Crippen LogP contribution in [0.2, 0.25) is 0 Å². The summed E-state index contributed by atoms with van der Waals surface area (Å²) in [5.41, 5.74) is 1.01. The average Bonchev–Trinajstić information content (AvgIpc) is 2.77. The van der Waals surface area contributed by atoms with Gasteiger partial charge in [0.05, 0.1) is 13.2 Å². The molecule has 1 aliphatic heterocycles. The highest BCUT2D eigenvalue weighted by Gasteiger charge is 2.30. The molecule has 16 heavy (non-hydrogen) atoms. The predicted octanol–water partition coefficient (Wildman–Crippen LogP) is 1.77. The molecule has 2 rings (SSSR count). The number of rotatable bonds is 2. The first-order valence-electron chi connectivity index (χ1n) is 5.50. The summed E-state index contributed by atoms with van der Waals surface area (Å²) in [7, 11) is 1.61. The molecule has 2 heterocycles. The Hall–Kier alpha value is -1.58. The lowest BCUT2D eigenvalue weighted by atomic mass is 10.1. The van der Waals surface area contributed by atoms with E-state index < -0.39 is 0 Å². The number of hydrogen-bond donors (Lipinski definition) is 0. The van der Waals surface area contributed by atoms with E-state index in [0.717, 1.165) is 24.9 Å². The van der Waals surface area contributed by atoms with Gasteiger partial charge >= 0.3 is 0 Å². The van der Waals surface area contributed by atoms with E-state index in [2.05, 4.69) is 4.98 Å². The number of carbonyl (C=O) groups excluding carboxylic acids is 1. The van der Waals surface area contributed by atoms with E-state index in [1.807, 2.05) is 17.0 Å². The molecule has 0 spiro atoms. The fourth-order valence-corrected chi connectivity index (χ4v) is 2.29. The number of methoxy groups -OCH3 is 1. The van der Waals surface area contributed by atoms with E-state index in [-0.39, 0.29) is 11.9 Å². The number of ether oxygens (including phenoxy) is 1. The molecule has 0 radical (unpaired) electrons. The van der Waals surface area contributed by atoms with Gasteiger partial charge in [-0.05, 0) is 18.9 Å². The van der Waals surface area contributed by atoms with Crippen molar-refractivity contribution in [3.63, 3.8) is 0 Å². The highest BCUT2D eigenvalue weighted by atomic mass is 16.5. The second-order valence-electron chi connectivity index (χ2n) is 3.97. The Bertz CT molecular complexity index is 392. The maximum atomic E-state index is 11.5. The Morgan fingerprint density at radius 3 is 3.12 bits per heavy atom. The van der Waals surface area contributed by atoms with Crippen LogP contribution in [0.1, 0.15) is 31.4 Å². The van der Waals surface area contributed by atoms with Crippen molar-refractivity contribution in [2.75, 3.05) is 13.7 Å². The van der Waals surface area contributed by atoms with Crippen LogP contribution in [0.15, 0.2) is 18.3 Å². The summed E-state index contributed by atoms with van der Waals surface area (Å²) in [5, 5.41) is 0. The molecule has 0 aliphatic carbocycles. The molecule has 1 aromatic rings. The Morgan fingerprint density at radius 2 is 2.44 bits per heavy atom. The van der Waals surface area contributed by atoms with E-state index in [4.69, 9.17) is 4.74 Å². The molecule has 1 fully saturated rings. The molecule has 1 aromatic heterocycles. The van der Waals surface area contributed by atoms with Crippen molar-refractivity contribution in [1.29, 1.82) is 0 Å². The van der Waals surface area contributed by atoms with Crippen LogP contribution in [-0.4, -0.2) is 29.4 Å². The van der Waals surface area contributed by atoms with Crippen LogP contribution in [0.4, 0.5) is 0 Å². The third-order valence-electron chi connectivity index (χ3n) is 3.01. The monoisotopic (exact) mass is 220 g/mol. The largest absolute Gasteiger partial charge is 0.481 e. The Balaban J connectivity index is 2.32. The van der Waals surface area contributed by atoms with E-state index in [1.54, 1.807) is 20.2 Å². The van der Waals surface area contributed by atoms with Crippen molar-refractivity contribution < 1.29 is 9.53 Å². The minimum absolute atomic E-state index is 0.119. The van der Waals surface area contributed by atoms with Crippen molar-refractivity contribution >= 4 is 5.91 Å². The average molecular weight is 220 g/mol. The van der Waals surface area contributed by atoms with Crippen LogP contribution >= 0.6 is 0 Å². The van der Waals surface area contributed by atoms with Gasteiger partial charge in [0.25, 0.3) is 0 Å². The van der Waals surface area contributed by atoms with Crippen molar-refractivity contribution in [2.24, 2.45) is 0 Å². The number of carbonyl (C=O) groups is 1. The second kappa shape index (κ2) is 4.51. The summed E-state index contributed by atoms with van der Waals surface area (Å²) in [6.45, 7) is 2.44. The molecule has 4 nitrogen and oxygen atoms in total. The van der Waals surface area contributed by atoms with Crippen LogP contribution in [0.5, 0.6) is 5.88 Å². The third-order valence-corrected chi connectivity index (χ3v) is 3.01. The first kappa shape index (κ1) is 10.9. The fourth-order valence-electron chi connectivity index (χ4n) is 2.29. The normalized spacial score (nSPS) is 19.9. The van der Waals surface area contributed by atoms with Gasteiger partial charge in [0.15, 0.2) is 0 Å². The zero-order valence-electron chi connectivity index (χ0n) is 9.64. The molecular formula is C12H16N2O2. The summed E-state index contributed by atoms with van der Waals surface area (Å²) in [6.07, 6.45) is 3.74. The van der Waals surface area contributed by atoms with Gasteiger partial charge < -0.3 is 9.64 Å². The first-order chi connectivity index (χ1) is 7.74. The second-order valence-corrected chi connectivity index (χ2v) is 3.97. The highest BCUT2D eigenvalue weighted by molar-refractivity contribution is 5.74. The third kappa shape index (κ3) is 1.87. The molecule has 1 atom stereocenters. The van der Waals surface area contributed by atoms with Crippen molar-refractivity contribution in [3.8, 4) is 5.88 Å². The molecule has 1 unspecified atom stereocenters. The Kier molecular flexibility index (Phi) is 3.08. The Labute approximate surface area is 95.2 Å². The lowest BCUT2D eigenvalue weighted by Crippen LogP contribution is -2.28. The minimum atomic E-state index is 0.119. The SMILES string of the molecule is COc1ncccc1C1CCCN1C(C)=O. The maximum Gasteiger partial charge on any atom is 0.219 e. The molecule has 4 heteroatoms. The van der Waals surface area contributed by atoms with Crippen molar-refractivity contribution in [3.05, 3.63) is 23.9 Å². The van der Waals surface area contributed by atoms with Crippen LogP contribution in [0, 0.1) is 0 Å². The van der Waals surface area contributed by atoms with Gasteiger partial charge in [-0.3, -0.25) is 4.79 Å². The molecule has 1 aliphatic rings. The molecule has 1 amide bonds. The number of pyridine rings is 1. The molecule has 0 aromatic carbocycles.